The van der Waals surface area contributed by atoms with Gasteiger partial charge in [0.15, 0.2) is 0 Å². The number of para-hydroxylation sites is 1. The molecule has 1 aliphatic rings. The molecule has 0 bridgehead atoms. The molecular weight excluding hydrogens is 322 g/mol. The normalized spacial score (nSPS) is 15.3. The van der Waals surface area contributed by atoms with Crippen molar-refractivity contribution in [1.29, 1.82) is 0 Å². The Morgan fingerprint density at radius 1 is 1.04 bits per heavy atom. The molecule has 126 valence electrons. The van der Waals surface area contributed by atoms with Gasteiger partial charge in [-0.05, 0) is 36.2 Å². The number of nitrogens with one attached hydrogen (secondary N) is 1. The number of piperazine rings is 1. The van der Waals surface area contributed by atoms with E-state index in [1.807, 2.05) is 48.2 Å². The van der Waals surface area contributed by atoms with E-state index in [1.54, 1.807) is 0 Å². The predicted octanol–water partition coefficient (Wildman–Crippen LogP) is 4.00. The summed E-state index contributed by atoms with van der Waals surface area (Å²) in [5.74, 6) is 0. The first kappa shape index (κ1) is 16.8. The molecule has 0 saturated carbocycles. The van der Waals surface area contributed by atoms with Gasteiger partial charge in [-0.1, -0.05) is 41.9 Å². The number of carbonyl (C=O) groups is 1. The highest BCUT2D eigenvalue weighted by atomic mass is 35.5. The van der Waals surface area contributed by atoms with E-state index in [2.05, 4.69) is 22.3 Å². The molecule has 1 aliphatic heterocycles. The van der Waals surface area contributed by atoms with Gasteiger partial charge < -0.3 is 10.2 Å². The largest absolute Gasteiger partial charge is 0.322 e. The molecule has 0 atom stereocenters. The summed E-state index contributed by atoms with van der Waals surface area (Å²) in [4.78, 5) is 16.6. The maximum Gasteiger partial charge on any atom is 0.321 e. The lowest BCUT2D eigenvalue weighted by atomic mass is 10.2. The molecule has 0 spiro atoms. The van der Waals surface area contributed by atoms with Crippen molar-refractivity contribution in [2.75, 3.05) is 31.5 Å². The molecule has 2 amide bonds. The molecule has 1 N–H and O–H groups in total. The van der Waals surface area contributed by atoms with Gasteiger partial charge in [0, 0.05) is 43.4 Å². The van der Waals surface area contributed by atoms with E-state index in [1.165, 1.54) is 5.56 Å². The molecule has 0 aliphatic carbocycles. The summed E-state index contributed by atoms with van der Waals surface area (Å²) >= 11 is 5.92. The number of aryl methyl sites for hydroxylation is 1. The number of nitrogens with zero attached hydrogens (tertiary/aromatic N) is 2. The van der Waals surface area contributed by atoms with Gasteiger partial charge in [-0.15, -0.1) is 0 Å². The van der Waals surface area contributed by atoms with Crippen LogP contribution in [0.4, 0.5) is 10.5 Å². The van der Waals surface area contributed by atoms with E-state index < -0.39 is 0 Å². The zero-order chi connectivity index (χ0) is 16.9. The summed E-state index contributed by atoms with van der Waals surface area (Å²) < 4.78 is 0. The SMILES string of the molecule is Cc1ccccc1NC(=O)N1CCN(Cc2ccc(Cl)cc2)CC1. The number of hydrogen-bond acceptors (Lipinski definition) is 2. The Balaban J connectivity index is 1.50. The van der Waals surface area contributed by atoms with Crippen molar-refractivity contribution in [3.63, 3.8) is 0 Å². The number of anilines is 1. The molecule has 1 saturated heterocycles. The van der Waals surface area contributed by atoms with Gasteiger partial charge in [0.05, 0.1) is 0 Å². The second-order valence-electron chi connectivity index (χ2n) is 6.13. The van der Waals surface area contributed by atoms with Gasteiger partial charge >= 0.3 is 6.03 Å². The van der Waals surface area contributed by atoms with Crippen LogP contribution in [-0.2, 0) is 6.54 Å². The fraction of sp³-hybridized carbons (Fsp3) is 0.316. The Labute approximate surface area is 148 Å². The van der Waals surface area contributed by atoms with Crippen LogP contribution < -0.4 is 5.32 Å². The van der Waals surface area contributed by atoms with Crippen LogP contribution in [0.5, 0.6) is 0 Å². The Morgan fingerprint density at radius 3 is 2.38 bits per heavy atom. The van der Waals surface area contributed by atoms with E-state index in [0.717, 1.165) is 49.0 Å². The summed E-state index contributed by atoms with van der Waals surface area (Å²) in [5.41, 5.74) is 3.20. The van der Waals surface area contributed by atoms with Crippen LogP contribution in [0, 0.1) is 6.92 Å². The van der Waals surface area contributed by atoms with Crippen LogP contribution in [0.2, 0.25) is 5.02 Å². The van der Waals surface area contributed by atoms with E-state index >= 15 is 0 Å². The second kappa shape index (κ2) is 7.69. The van der Waals surface area contributed by atoms with E-state index in [9.17, 15) is 4.79 Å². The molecule has 0 radical (unpaired) electrons. The van der Waals surface area contributed by atoms with Gasteiger partial charge in [-0.2, -0.15) is 0 Å². The molecular formula is C19H22ClN3O. The molecule has 5 heteroatoms. The summed E-state index contributed by atoms with van der Waals surface area (Å²) in [5, 5.41) is 3.77. The summed E-state index contributed by atoms with van der Waals surface area (Å²) in [6.45, 7) is 6.13. The number of benzene rings is 2. The molecule has 0 unspecified atom stereocenters. The van der Waals surface area contributed by atoms with Crippen LogP contribution in [0.15, 0.2) is 48.5 Å². The second-order valence-corrected chi connectivity index (χ2v) is 6.57. The number of amides is 2. The van der Waals surface area contributed by atoms with Crippen molar-refractivity contribution in [3.8, 4) is 0 Å². The summed E-state index contributed by atoms with van der Waals surface area (Å²) in [6.07, 6.45) is 0. The third-order valence-corrected chi connectivity index (χ3v) is 4.62. The Bertz CT molecular complexity index is 694. The molecule has 2 aromatic rings. The number of rotatable bonds is 3. The first-order valence-corrected chi connectivity index (χ1v) is 8.58. The third-order valence-electron chi connectivity index (χ3n) is 4.37. The van der Waals surface area contributed by atoms with Crippen molar-refractivity contribution in [1.82, 2.24) is 9.80 Å². The Morgan fingerprint density at radius 2 is 1.71 bits per heavy atom. The monoisotopic (exact) mass is 343 g/mol. The molecule has 3 rings (SSSR count). The number of halogens is 1. The van der Waals surface area contributed by atoms with Crippen molar-refractivity contribution in [3.05, 3.63) is 64.7 Å². The van der Waals surface area contributed by atoms with Gasteiger partial charge in [-0.3, -0.25) is 4.90 Å². The lowest BCUT2D eigenvalue weighted by Gasteiger charge is -2.34. The predicted molar refractivity (Wildman–Crippen MR) is 98.5 cm³/mol. The fourth-order valence-corrected chi connectivity index (χ4v) is 2.99. The maximum atomic E-state index is 12.4. The molecule has 1 fully saturated rings. The average Bonchev–Trinajstić information content (AvgIpc) is 2.59. The van der Waals surface area contributed by atoms with Crippen LogP contribution in [0.25, 0.3) is 0 Å². The summed E-state index contributed by atoms with van der Waals surface area (Å²) in [6, 6.07) is 15.8. The van der Waals surface area contributed by atoms with Gasteiger partial charge in [0.2, 0.25) is 0 Å². The zero-order valence-electron chi connectivity index (χ0n) is 13.8. The molecule has 2 aromatic carbocycles. The highest BCUT2D eigenvalue weighted by Crippen LogP contribution is 2.16. The number of urea groups is 1. The molecule has 0 aromatic heterocycles. The van der Waals surface area contributed by atoms with Crippen LogP contribution in [0.1, 0.15) is 11.1 Å². The van der Waals surface area contributed by atoms with E-state index in [-0.39, 0.29) is 6.03 Å². The standard InChI is InChI=1S/C19H22ClN3O/c1-15-4-2-3-5-18(15)21-19(24)23-12-10-22(11-13-23)14-16-6-8-17(20)9-7-16/h2-9H,10-14H2,1H3,(H,21,24). The number of carbonyl (C=O) groups excluding carboxylic acids is 1. The van der Waals surface area contributed by atoms with Gasteiger partial charge in [0.1, 0.15) is 0 Å². The minimum Gasteiger partial charge on any atom is -0.322 e. The minimum atomic E-state index is -0.0181. The molecule has 1 heterocycles. The van der Waals surface area contributed by atoms with Crippen molar-refractivity contribution in [2.24, 2.45) is 0 Å². The average molecular weight is 344 g/mol. The van der Waals surface area contributed by atoms with Gasteiger partial charge in [-0.25, -0.2) is 4.79 Å². The first-order chi connectivity index (χ1) is 11.6. The quantitative estimate of drug-likeness (QED) is 0.914. The molecule has 4 nitrogen and oxygen atoms in total. The Kier molecular flexibility index (Phi) is 5.38. The van der Waals surface area contributed by atoms with Crippen LogP contribution in [0.3, 0.4) is 0 Å². The smallest absolute Gasteiger partial charge is 0.321 e. The topological polar surface area (TPSA) is 35.6 Å². The van der Waals surface area contributed by atoms with Crippen molar-refractivity contribution >= 4 is 23.3 Å². The lowest BCUT2D eigenvalue weighted by molar-refractivity contribution is 0.143. The van der Waals surface area contributed by atoms with Crippen LogP contribution >= 0.6 is 11.6 Å². The Hall–Kier alpha value is -2.04. The fourth-order valence-electron chi connectivity index (χ4n) is 2.86. The van der Waals surface area contributed by atoms with Crippen molar-refractivity contribution < 1.29 is 4.79 Å². The first-order valence-electron chi connectivity index (χ1n) is 8.20. The maximum absolute atomic E-state index is 12.4. The van der Waals surface area contributed by atoms with Crippen LogP contribution in [-0.4, -0.2) is 42.0 Å². The summed E-state index contributed by atoms with van der Waals surface area (Å²) in [7, 11) is 0. The van der Waals surface area contributed by atoms with Crippen molar-refractivity contribution in [2.45, 2.75) is 13.5 Å². The number of hydrogen-bond donors (Lipinski definition) is 1. The van der Waals surface area contributed by atoms with Gasteiger partial charge in [0.25, 0.3) is 0 Å². The molecule has 24 heavy (non-hydrogen) atoms. The zero-order valence-corrected chi connectivity index (χ0v) is 14.6. The minimum absolute atomic E-state index is 0.0181. The highest BCUT2D eigenvalue weighted by molar-refractivity contribution is 6.30. The third kappa shape index (κ3) is 4.28. The highest BCUT2D eigenvalue weighted by Gasteiger charge is 2.21. The van der Waals surface area contributed by atoms with E-state index in [4.69, 9.17) is 11.6 Å². The lowest BCUT2D eigenvalue weighted by Crippen LogP contribution is -2.49. The van der Waals surface area contributed by atoms with E-state index in [0.29, 0.717) is 0 Å².